The summed E-state index contributed by atoms with van der Waals surface area (Å²) in [7, 11) is 1.41. The molecule has 6 nitrogen and oxygen atoms in total. The number of Topliss-reactive ketones (excluding diaryl/α,β-unsaturated/α-hetero) is 1. The zero-order valence-electron chi connectivity index (χ0n) is 18.1. The van der Waals surface area contributed by atoms with Crippen LogP contribution in [0, 0.1) is 13.8 Å². The fourth-order valence-corrected chi connectivity index (χ4v) is 4.53. The van der Waals surface area contributed by atoms with Gasteiger partial charge in [-0.15, -0.1) is 0 Å². The first-order valence-corrected chi connectivity index (χ1v) is 10.8. The molecule has 1 fully saturated rings. The summed E-state index contributed by atoms with van der Waals surface area (Å²) < 4.78 is 5.39. The summed E-state index contributed by atoms with van der Waals surface area (Å²) in [5.41, 5.74) is 2.33. The van der Waals surface area contributed by atoms with Crippen molar-refractivity contribution in [2.24, 2.45) is 0 Å². The molecule has 1 atom stereocenters. The number of methoxy groups -OCH3 is 1. The van der Waals surface area contributed by atoms with Crippen LogP contribution in [0.5, 0.6) is 5.75 Å². The number of hydrogen-bond acceptors (Lipinski definition) is 5. The first-order valence-electron chi connectivity index (χ1n) is 10.1. The third-order valence-electron chi connectivity index (χ3n) is 5.56. The highest BCUT2D eigenvalue weighted by Gasteiger charge is 2.48. The minimum atomic E-state index is -0.979. The lowest BCUT2D eigenvalue weighted by atomic mass is 9.96. The second kappa shape index (κ2) is 8.89. The summed E-state index contributed by atoms with van der Waals surface area (Å²) in [6.45, 7) is 3.56. The molecule has 168 valence electrons. The molecule has 2 heterocycles. The van der Waals surface area contributed by atoms with Gasteiger partial charge in [0.05, 0.1) is 29.0 Å². The molecule has 3 aromatic rings. The number of anilines is 1. The smallest absolute Gasteiger partial charge is 0.300 e. The quantitative estimate of drug-likeness (QED) is 0.295. The van der Waals surface area contributed by atoms with E-state index in [0.717, 1.165) is 5.56 Å². The zero-order valence-corrected chi connectivity index (χ0v) is 19.6. The van der Waals surface area contributed by atoms with E-state index in [1.54, 1.807) is 68.6 Å². The lowest BCUT2D eigenvalue weighted by molar-refractivity contribution is -0.132. The van der Waals surface area contributed by atoms with Crippen LogP contribution < -0.4 is 9.64 Å². The normalized spacial score (nSPS) is 17.5. The SMILES string of the molecule is COc1c(Cl)cc(C)cc1/C(O)=C1\C(=O)C(=O)N(c2cccc(Cl)c2C)C1c1ccccn1. The number of nitrogens with zero attached hydrogens (tertiary/aromatic N) is 2. The maximum Gasteiger partial charge on any atom is 0.300 e. The molecule has 1 saturated heterocycles. The molecule has 0 radical (unpaired) electrons. The van der Waals surface area contributed by atoms with Crippen LogP contribution in [0.25, 0.3) is 5.76 Å². The maximum absolute atomic E-state index is 13.3. The maximum atomic E-state index is 13.3. The third-order valence-corrected chi connectivity index (χ3v) is 6.25. The number of amides is 1. The van der Waals surface area contributed by atoms with Gasteiger partial charge in [-0.25, -0.2) is 0 Å². The molecule has 0 saturated carbocycles. The molecule has 1 aliphatic rings. The number of ketones is 1. The molecule has 8 heteroatoms. The van der Waals surface area contributed by atoms with Gasteiger partial charge in [-0.3, -0.25) is 19.5 Å². The van der Waals surface area contributed by atoms with Gasteiger partial charge in [-0.1, -0.05) is 35.3 Å². The fraction of sp³-hybridized carbons (Fsp3) is 0.160. The molecule has 0 spiro atoms. The van der Waals surface area contributed by atoms with Gasteiger partial charge in [-0.2, -0.15) is 0 Å². The van der Waals surface area contributed by atoms with Gasteiger partial charge in [0, 0.05) is 16.9 Å². The van der Waals surface area contributed by atoms with Crippen LogP contribution >= 0.6 is 23.2 Å². The summed E-state index contributed by atoms with van der Waals surface area (Å²) in [6, 6.07) is 12.6. The van der Waals surface area contributed by atoms with Crippen molar-refractivity contribution in [3.05, 3.63) is 92.7 Å². The Balaban J connectivity index is 2.03. The molecule has 1 aliphatic heterocycles. The first kappa shape index (κ1) is 22.8. The van der Waals surface area contributed by atoms with Gasteiger partial charge in [0.1, 0.15) is 17.6 Å². The molecular weight excluding hydrogens is 463 g/mol. The number of hydrogen-bond donors (Lipinski definition) is 1. The number of aliphatic hydroxyl groups excluding tert-OH is 1. The second-order valence-electron chi connectivity index (χ2n) is 7.64. The van der Waals surface area contributed by atoms with Crippen molar-refractivity contribution in [2.75, 3.05) is 12.0 Å². The van der Waals surface area contributed by atoms with E-state index in [0.29, 0.717) is 22.0 Å². The molecule has 0 bridgehead atoms. The van der Waals surface area contributed by atoms with Crippen LogP contribution in [0.1, 0.15) is 28.4 Å². The number of aliphatic hydroxyl groups is 1. The van der Waals surface area contributed by atoms with Crippen LogP contribution in [-0.4, -0.2) is 28.9 Å². The summed E-state index contributed by atoms with van der Waals surface area (Å²) in [5.74, 6) is -1.84. The molecule has 2 aromatic carbocycles. The minimum absolute atomic E-state index is 0.113. The molecule has 1 amide bonds. The molecule has 33 heavy (non-hydrogen) atoms. The lowest BCUT2D eigenvalue weighted by Gasteiger charge is -2.26. The average molecular weight is 483 g/mol. The molecule has 4 rings (SSSR count). The summed E-state index contributed by atoms with van der Waals surface area (Å²) in [5, 5.41) is 12.1. The van der Waals surface area contributed by atoms with Crippen LogP contribution in [-0.2, 0) is 9.59 Å². The van der Waals surface area contributed by atoms with Crippen LogP contribution in [0.3, 0.4) is 0 Å². The Bertz CT molecular complexity index is 1310. The first-order chi connectivity index (χ1) is 15.8. The number of halogens is 2. The van der Waals surface area contributed by atoms with Crippen LogP contribution in [0.4, 0.5) is 5.69 Å². The minimum Gasteiger partial charge on any atom is -0.507 e. The zero-order chi connectivity index (χ0) is 23.9. The van der Waals surface area contributed by atoms with E-state index >= 15 is 0 Å². The van der Waals surface area contributed by atoms with E-state index in [4.69, 9.17) is 27.9 Å². The highest BCUT2D eigenvalue weighted by atomic mass is 35.5. The Morgan fingerprint density at radius 2 is 1.82 bits per heavy atom. The number of benzene rings is 2. The molecule has 1 aromatic heterocycles. The fourth-order valence-electron chi connectivity index (χ4n) is 4.01. The van der Waals surface area contributed by atoms with Gasteiger partial charge in [0.2, 0.25) is 0 Å². The third kappa shape index (κ3) is 3.86. The Labute approximate surface area is 201 Å². The molecule has 0 aliphatic carbocycles. The molecule has 1 N–H and O–H groups in total. The van der Waals surface area contributed by atoms with E-state index in [-0.39, 0.29) is 21.9 Å². The van der Waals surface area contributed by atoms with Crippen molar-refractivity contribution in [1.82, 2.24) is 4.98 Å². The van der Waals surface area contributed by atoms with Crippen molar-refractivity contribution in [1.29, 1.82) is 0 Å². The summed E-state index contributed by atoms with van der Waals surface area (Å²) in [4.78, 5) is 32.3. The van der Waals surface area contributed by atoms with Crippen molar-refractivity contribution >= 4 is 46.3 Å². The van der Waals surface area contributed by atoms with Crippen LogP contribution in [0.15, 0.2) is 60.3 Å². The van der Waals surface area contributed by atoms with Crippen molar-refractivity contribution in [3.8, 4) is 5.75 Å². The largest absolute Gasteiger partial charge is 0.507 e. The Hall–Kier alpha value is -3.35. The number of aryl methyl sites for hydroxylation is 1. The topological polar surface area (TPSA) is 79.7 Å². The highest BCUT2D eigenvalue weighted by molar-refractivity contribution is 6.52. The van der Waals surface area contributed by atoms with Crippen molar-refractivity contribution < 1.29 is 19.4 Å². The second-order valence-corrected chi connectivity index (χ2v) is 8.45. The van der Waals surface area contributed by atoms with Gasteiger partial charge in [-0.05, 0) is 61.4 Å². The predicted octanol–water partition coefficient (Wildman–Crippen LogP) is 5.64. The number of carbonyl (C=O) groups excluding carboxylic acids is 2. The Morgan fingerprint density at radius 3 is 2.48 bits per heavy atom. The van der Waals surface area contributed by atoms with E-state index in [9.17, 15) is 14.7 Å². The van der Waals surface area contributed by atoms with Gasteiger partial charge in [0.15, 0.2) is 0 Å². The molecular formula is C25H20Cl2N2O4. The standard InChI is InChI=1S/C25H20Cl2N2O4/c1-13-11-15(24(33-3)17(27)12-13)22(30)20-21(18-8-4-5-10-28-18)29(25(32)23(20)31)19-9-6-7-16(26)14(19)2/h4-12,21,30H,1-3H3/b22-20+. The summed E-state index contributed by atoms with van der Waals surface area (Å²) >= 11 is 12.6. The Morgan fingerprint density at radius 1 is 1.06 bits per heavy atom. The van der Waals surface area contributed by atoms with E-state index in [2.05, 4.69) is 4.98 Å². The number of aromatic nitrogens is 1. The predicted molar refractivity (Wildman–Crippen MR) is 128 cm³/mol. The van der Waals surface area contributed by atoms with Crippen molar-refractivity contribution in [2.45, 2.75) is 19.9 Å². The highest BCUT2D eigenvalue weighted by Crippen LogP contribution is 2.45. The Kier molecular flexibility index (Phi) is 6.15. The number of pyridine rings is 1. The summed E-state index contributed by atoms with van der Waals surface area (Å²) in [6.07, 6.45) is 1.56. The number of carbonyl (C=O) groups is 2. The monoisotopic (exact) mass is 482 g/mol. The van der Waals surface area contributed by atoms with Gasteiger partial charge in [0.25, 0.3) is 11.7 Å². The number of rotatable bonds is 4. The van der Waals surface area contributed by atoms with E-state index in [1.165, 1.54) is 12.0 Å². The van der Waals surface area contributed by atoms with E-state index < -0.39 is 23.5 Å². The lowest BCUT2D eigenvalue weighted by Crippen LogP contribution is -2.30. The van der Waals surface area contributed by atoms with Crippen molar-refractivity contribution in [3.63, 3.8) is 0 Å². The van der Waals surface area contributed by atoms with Crippen LogP contribution in [0.2, 0.25) is 10.0 Å². The number of ether oxygens (including phenoxy) is 1. The average Bonchev–Trinajstić information content (AvgIpc) is 3.06. The van der Waals surface area contributed by atoms with Gasteiger partial charge >= 0.3 is 0 Å². The van der Waals surface area contributed by atoms with Gasteiger partial charge < -0.3 is 9.84 Å². The van der Waals surface area contributed by atoms with E-state index in [1.807, 2.05) is 0 Å². The molecule has 1 unspecified atom stereocenters.